The number of nitrogens with two attached hydrogens (primary N) is 1. The van der Waals surface area contributed by atoms with Crippen molar-refractivity contribution >= 4 is 29.3 Å². The van der Waals surface area contributed by atoms with E-state index in [0.29, 0.717) is 0 Å². The van der Waals surface area contributed by atoms with Gasteiger partial charge in [-0.05, 0) is 11.6 Å². The Labute approximate surface area is 172 Å². The molecule has 176 valence electrons. The molecular weight excluding hydrogens is 491 g/mol. The lowest BCUT2D eigenvalue weighted by atomic mass is 10.1. The van der Waals surface area contributed by atoms with Gasteiger partial charge >= 0.3 is 29.2 Å². The van der Waals surface area contributed by atoms with E-state index >= 15 is 0 Å². The molecule has 2 heterocycles. The lowest BCUT2D eigenvalue weighted by Gasteiger charge is -2.19. The highest BCUT2D eigenvalue weighted by Crippen LogP contribution is 2.66. The Bertz CT molecular complexity index is 1040. The molecule has 1 aliphatic rings. The quantitative estimate of drug-likeness (QED) is 0.113. The van der Waals surface area contributed by atoms with Crippen LogP contribution in [0.5, 0.6) is 0 Å². The molecule has 0 saturated carbocycles. The number of nitrogens with zero attached hydrogens (tertiary/aromatic N) is 5. The van der Waals surface area contributed by atoms with Gasteiger partial charge in [-0.25, -0.2) is 18.5 Å². The fraction of sp³-hybridized carbons (Fsp3) is 0.556. The number of hydrogen-bond acceptors (Lipinski definition) is 12. The zero-order chi connectivity index (χ0) is 22.7. The van der Waals surface area contributed by atoms with Gasteiger partial charge in [0, 0.05) is 17.5 Å². The molecule has 1 aliphatic heterocycles. The van der Waals surface area contributed by atoms with Gasteiger partial charge in [0.1, 0.15) is 12.0 Å². The molecule has 1 aromatic heterocycles. The van der Waals surface area contributed by atoms with Gasteiger partial charge in [0.25, 0.3) is 0 Å². The molecule has 0 aromatic carbocycles. The molecule has 1 saturated heterocycles. The number of aromatic nitrogens is 2. The third-order valence-electron chi connectivity index (χ3n) is 3.38. The minimum atomic E-state index is -5.69. The van der Waals surface area contributed by atoms with Crippen LogP contribution in [0, 0.1) is 0 Å². The predicted octanol–water partition coefficient (Wildman–Crippen LogP) is 0.297. The Morgan fingerprint density at radius 1 is 1.29 bits per heavy atom. The minimum absolute atomic E-state index is 0. The molecule has 1 aromatic rings. The van der Waals surface area contributed by atoms with Crippen LogP contribution in [0.25, 0.3) is 10.4 Å². The van der Waals surface area contributed by atoms with E-state index in [-0.39, 0.29) is 18.4 Å². The maximum absolute atomic E-state index is 11.9. The summed E-state index contributed by atoms with van der Waals surface area (Å²) in [5, 5.41) is 3.42. The van der Waals surface area contributed by atoms with Gasteiger partial charge in [0.2, 0.25) is 0 Å². The summed E-state index contributed by atoms with van der Waals surface area (Å²) in [6.07, 6.45) is -1.05. The third kappa shape index (κ3) is 8.40. The molecule has 5 atom stereocenters. The molecule has 0 bridgehead atoms. The molecule has 9 N–H and O–H groups in total. The topological polar surface area (TPSA) is 314 Å². The second-order valence-corrected chi connectivity index (χ2v) is 9.99. The summed E-state index contributed by atoms with van der Waals surface area (Å²) in [6, 6.07) is 0.295. The number of rotatable bonds is 9. The predicted molar refractivity (Wildman–Crippen MR) is 99.2 cm³/mol. The number of phosphoric acid groups is 3. The third-order valence-corrected chi connectivity index (χ3v) is 7.19. The number of nitrogen functional groups attached to an aromatic ring is 1. The van der Waals surface area contributed by atoms with Crippen LogP contribution in [-0.2, 0) is 31.6 Å². The van der Waals surface area contributed by atoms with Gasteiger partial charge in [0.15, 0.2) is 0 Å². The van der Waals surface area contributed by atoms with Crippen LogP contribution in [0.1, 0.15) is 12.6 Å². The van der Waals surface area contributed by atoms with Crippen molar-refractivity contribution in [3.05, 3.63) is 33.2 Å². The summed E-state index contributed by atoms with van der Waals surface area (Å²) in [5.41, 5.74) is 13.3. The van der Waals surface area contributed by atoms with Crippen molar-refractivity contribution < 1.29 is 51.2 Å². The fourth-order valence-corrected chi connectivity index (χ4v) is 5.37. The van der Waals surface area contributed by atoms with Crippen LogP contribution in [0.2, 0.25) is 0 Å². The monoisotopic (exact) mass is 509 g/mol. The summed E-state index contributed by atoms with van der Waals surface area (Å²) in [4.78, 5) is 53.6. The van der Waals surface area contributed by atoms with Crippen LogP contribution < -0.4 is 17.6 Å². The summed E-state index contributed by atoms with van der Waals surface area (Å²) < 4.78 is 51.8. The molecule has 1 fully saturated rings. The molecule has 31 heavy (non-hydrogen) atoms. The zero-order valence-corrected chi connectivity index (χ0v) is 17.9. The normalized spacial score (nSPS) is 25.0. The molecule has 0 amide bonds. The first-order valence-electron chi connectivity index (χ1n) is 7.54. The largest absolute Gasteiger partial charge is 0.490 e. The lowest BCUT2D eigenvalue weighted by Crippen LogP contribution is -2.28. The molecule has 19 nitrogen and oxygen atoms in total. The molecule has 2 rings (SSSR count). The van der Waals surface area contributed by atoms with E-state index in [0.717, 1.165) is 4.57 Å². The smallest absolute Gasteiger partial charge is 0.383 e. The number of hydrogen-bond donors (Lipinski definition) is 6. The Balaban J connectivity index is 0.00000480. The van der Waals surface area contributed by atoms with Gasteiger partial charge in [-0.1, -0.05) is 5.11 Å². The standard InChI is InChI=1S/C9H15N6O12P3.H3N/c10-7-1-2-15(9(16)12-7)8-3-5(13-14-11)6(25-8)4-24-29(20,21)27-30(22,23)26-28(17,18)19;/h1-2,5-6,8H,3-4H2,(H,20,21)(H,22,23)(H2,10,12,16)(H2,17,18,19);1H3. The first-order chi connectivity index (χ1) is 13.7. The van der Waals surface area contributed by atoms with E-state index in [9.17, 15) is 23.4 Å². The Morgan fingerprint density at radius 3 is 2.48 bits per heavy atom. The van der Waals surface area contributed by atoms with Crippen LogP contribution in [0.3, 0.4) is 0 Å². The molecule has 22 heteroatoms. The number of anilines is 1. The van der Waals surface area contributed by atoms with E-state index in [4.69, 9.17) is 30.7 Å². The first-order valence-corrected chi connectivity index (χ1v) is 12.1. The summed E-state index contributed by atoms with van der Waals surface area (Å²) >= 11 is 0. The van der Waals surface area contributed by atoms with E-state index in [1.54, 1.807) is 0 Å². The summed E-state index contributed by atoms with van der Waals surface area (Å²) in [6.45, 7) is -0.846. The molecule has 0 radical (unpaired) electrons. The van der Waals surface area contributed by atoms with Gasteiger partial charge in [0.05, 0.1) is 18.8 Å². The second kappa shape index (κ2) is 10.3. The van der Waals surface area contributed by atoms with E-state index in [2.05, 4.69) is 28.2 Å². The van der Waals surface area contributed by atoms with Crippen molar-refractivity contribution in [1.29, 1.82) is 0 Å². The number of ether oxygens (including phenoxy) is 1. The molecule has 0 aliphatic carbocycles. The van der Waals surface area contributed by atoms with Gasteiger partial charge in [-0.2, -0.15) is 13.6 Å². The fourth-order valence-electron chi connectivity index (χ4n) is 2.34. The zero-order valence-electron chi connectivity index (χ0n) is 15.2. The van der Waals surface area contributed by atoms with Gasteiger partial charge in [-0.15, -0.1) is 0 Å². The van der Waals surface area contributed by atoms with Gasteiger partial charge in [-0.3, -0.25) is 9.09 Å². The van der Waals surface area contributed by atoms with Crippen LogP contribution in [0.15, 0.2) is 22.2 Å². The van der Waals surface area contributed by atoms with Crippen LogP contribution >= 0.6 is 23.5 Å². The highest BCUT2D eigenvalue weighted by Gasteiger charge is 2.43. The second-order valence-electron chi connectivity index (χ2n) is 5.57. The molecular formula is C9H18N7O12P3. The van der Waals surface area contributed by atoms with Crippen molar-refractivity contribution in [3.63, 3.8) is 0 Å². The maximum atomic E-state index is 11.9. The van der Waals surface area contributed by atoms with Crippen molar-refractivity contribution in [2.75, 3.05) is 12.3 Å². The van der Waals surface area contributed by atoms with Crippen molar-refractivity contribution in [2.45, 2.75) is 24.8 Å². The molecule has 5 unspecified atom stereocenters. The van der Waals surface area contributed by atoms with E-state index in [1.807, 2.05) is 0 Å². The Kier molecular flexibility index (Phi) is 9.08. The number of azide groups is 1. The van der Waals surface area contributed by atoms with E-state index < -0.39 is 54.1 Å². The van der Waals surface area contributed by atoms with Crippen molar-refractivity contribution in [2.24, 2.45) is 5.11 Å². The highest BCUT2D eigenvalue weighted by molar-refractivity contribution is 7.66. The lowest BCUT2D eigenvalue weighted by molar-refractivity contribution is -0.0266. The minimum Gasteiger partial charge on any atom is -0.383 e. The Morgan fingerprint density at radius 2 is 1.94 bits per heavy atom. The Hall–Kier alpha value is -1.68. The summed E-state index contributed by atoms with van der Waals surface area (Å²) in [7, 11) is -16.6. The highest BCUT2D eigenvalue weighted by atomic mass is 31.3. The number of phosphoric ester groups is 1. The average molecular weight is 509 g/mol. The molecule has 0 spiro atoms. The van der Waals surface area contributed by atoms with E-state index in [1.165, 1.54) is 12.3 Å². The first kappa shape index (κ1) is 27.4. The summed E-state index contributed by atoms with van der Waals surface area (Å²) in [5.74, 6) is -0.0509. The van der Waals surface area contributed by atoms with Crippen molar-refractivity contribution in [1.82, 2.24) is 15.7 Å². The SMILES string of the molecule is N.[N-]=[N+]=NC1CC(n2ccc(N)nc2=O)OC1COP(=O)(O)OP(=O)(O)OP(=O)(O)O. The van der Waals surface area contributed by atoms with Crippen LogP contribution in [0.4, 0.5) is 5.82 Å². The van der Waals surface area contributed by atoms with Crippen molar-refractivity contribution in [3.8, 4) is 0 Å². The van der Waals surface area contributed by atoms with Gasteiger partial charge < -0.3 is 36.2 Å². The van der Waals surface area contributed by atoms with Crippen LogP contribution in [-0.4, -0.2) is 47.9 Å². The average Bonchev–Trinajstić information content (AvgIpc) is 2.92. The maximum Gasteiger partial charge on any atom is 0.490 e.